The smallest absolute Gasteiger partial charge is 0.356 e. The first-order valence-electron chi connectivity index (χ1n) is 5.08. The van der Waals surface area contributed by atoms with Gasteiger partial charge in [-0.25, -0.2) is 4.79 Å². The maximum atomic E-state index is 11.7. The predicted molar refractivity (Wildman–Crippen MR) is 63.4 cm³/mol. The lowest BCUT2D eigenvalue weighted by Crippen LogP contribution is -2.23. The summed E-state index contributed by atoms with van der Waals surface area (Å²) >= 11 is 0. The van der Waals surface area contributed by atoms with Gasteiger partial charge in [0, 0.05) is 12.1 Å². The van der Waals surface area contributed by atoms with E-state index in [-0.39, 0.29) is 17.1 Å². The molecule has 19 heavy (non-hydrogen) atoms. The molecule has 0 radical (unpaired) electrons. The quantitative estimate of drug-likeness (QED) is 0.646. The predicted octanol–water partition coefficient (Wildman–Crippen LogP) is 0.839. The van der Waals surface area contributed by atoms with E-state index in [4.69, 9.17) is 5.11 Å². The van der Waals surface area contributed by atoms with E-state index in [0.29, 0.717) is 4.68 Å². The SMILES string of the molecule is O=C(O)c1ccc(=O)n(-c2ccccc2[N+](=O)[O-])n1. The molecule has 2 aromatic rings. The molecule has 1 aromatic heterocycles. The molecule has 0 atom stereocenters. The van der Waals surface area contributed by atoms with Crippen LogP contribution in [0.25, 0.3) is 5.69 Å². The van der Waals surface area contributed by atoms with Crippen LogP contribution in [0.5, 0.6) is 0 Å². The number of aromatic nitrogens is 2. The number of carboxylic acid groups (broad SMARTS) is 1. The summed E-state index contributed by atoms with van der Waals surface area (Å²) in [5.74, 6) is -1.33. The van der Waals surface area contributed by atoms with Crippen LogP contribution in [0.1, 0.15) is 10.5 Å². The molecule has 0 aliphatic rings. The van der Waals surface area contributed by atoms with Crippen LogP contribution in [0, 0.1) is 10.1 Å². The fraction of sp³-hybridized carbons (Fsp3) is 0. The highest BCUT2D eigenvalue weighted by Crippen LogP contribution is 2.19. The van der Waals surface area contributed by atoms with Gasteiger partial charge in [-0.1, -0.05) is 12.1 Å². The normalized spacial score (nSPS) is 10.1. The van der Waals surface area contributed by atoms with Crippen molar-refractivity contribution in [2.75, 3.05) is 0 Å². The van der Waals surface area contributed by atoms with E-state index in [1.165, 1.54) is 24.3 Å². The number of carboxylic acids is 1. The number of aromatic carboxylic acids is 1. The van der Waals surface area contributed by atoms with E-state index in [1.807, 2.05) is 0 Å². The lowest BCUT2D eigenvalue weighted by Gasteiger charge is -2.05. The number of carbonyl (C=O) groups is 1. The molecule has 0 spiro atoms. The number of benzene rings is 1. The fourth-order valence-electron chi connectivity index (χ4n) is 1.50. The van der Waals surface area contributed by atoms with E-state index >= 15 is 0 Å². The van der Waals surface area contributed by atoms with Crippen molar-refractivity contribution in [1.82, 2.24) is 9.78 Å². The summed E-state index contributed by atoms with van der Waals surface area (Å²) in [6.07, 6.45) is 0. The van der Waals surface area contributed by atoms with Gasteiger partial charge < -0.3 is 5.11 Å². The zero-order valence-electron chi connectivity index (χ0n) is 9.39. The van der Waals surface area contributed by atoms with Crippen molar-refractivity contribution in [1.29, 1.82) is 0 Å². The Balaban J connectivity index is 2.72. The summed E-state index contributed by atoms with van der Waals surface area (Å²) in [6.45, 7) is 0. The standard InChI is InChI=1S/C11H7N3O5/c15-10-6-5-7(11(16)17)12-13(10)8-3-1-2-4-9(8)14(18)19/h1-6H,(H,16,17). The number of nitro groups is 1. The highest BCUT2D eigenvalue weighted by atomic mass is 16.6. The number of hydrogen-bond acceptors (Lipinski definition) is 5. The monoisotopic (exact) mass is 261 g/mol. The van der Waals surface area contributed by atoms with Crippen LogP contribution in [-0.2, 0) is 0 Å². The van der Waals surface area contributed by atoms with Crippen molar-refractivity contribution in [3.63, 3.8) is 0 Å². The maximum Gasteiger partial charge on any atom is 0.356 e. The molecule has 2 rings (SSSR count). The van der Waals surface area contributed by atoms with Gasteiger partial charge >= 0.3 is 5.97 Å². The molecule has 0 fully saturated rings. The van der Waals surface area contributed by atoms with Gasteiger partial charge in [-0.3, -0.25) is 14.9 Å². The fourth-order valence-corrected chi connectivity index (χ4v) is 1.50. The molecule has 0 saturated carbocycles. The highest BCUT2D eigenvalue weighted by molar-refractivity contribution is 5.85. The Morgan fingerprint density at radius 2 is 1.95 bits per heavy atom. The summed E-state index contributed by atoms with van der Waals surface area (Å²) in [7, 11) is 0. The van der Waals surface area contributed by atoms with Crippen molar-refractivity contribution < 1.29 is 14.8 Å². The second-order valence-electron chi connectivity index (χ2n) is 3.52. The van der Waals surface area contributed by atoms with Gasteiger partial charge in [-0.15, -0.1) is 0 Å². The summed E-state index contributed by atoms with van der Waals surface area (Å²) in [6, 6.07) is 7.48. The third-order valence-electron chi connectivity index (χ3n) is 2.33. The molecule has 0 amide bonds. The molecule has 0 aliphatic carbocycles. The summed E-state index contributed by atoms with van der Waals surface area (Å²) < 4.78 is 0.696. The Kier molecular flexibility index (Phi) is 3.06. The molecule has 1 N–H and O–H groups in total. The van der Waals surface area contributed by atoms with Crippen LogP contribution >= 0.6 is 0 Å². The minimum absolute atomic E-state index is 0.0828. The van der Waals surface area contributed by atoms with Crippen LogP contribution in [0.2, 0.25) is 0 Å². The Morgan fingerprint density at radius 3 is 2.58 bits per heavy atom. The molecule has 1 aromatic carbocycles. The number of hydrogen-bond donors (Lipinski definition) is 1. The maximum absolute atomic E-state index is 11.7. The van der Waals surface area contributed by atoms with Crippen LogP contribution in [-0.4, -0.2) is 25.8 Å². The molecule has 1 heterocycles. The second-order valence-corrected chi connectivity index (χ2v) is 3.52. The van der Waals surface area contributed by atoms with Crippen molar-refractivity contribution in [2.45, 2.75) is 0 Å². The first-order chi connectivity index (χ1) is 9.00. The zero-order chi connectivity index (χ0) is 14.0. The van der Waals surface area contributed by atoms with Crippen LogP contribution < -0.4 is 5.56 Å². The van der Waals surface area contributed by atoms with E-state index < -0.39 is 16.5 Å². The second kappa shape index (κ2) is 4.69. The van der Waals surface area contributed by atoms with Gasteiger partial charge in [-0.2, -0.15) is 9.78 Å². The molecule has 0 saturated heterocycles. The number of nitro benzene ring substituents is 1. The molecular weight excluding hydrogens is 254 g/mol. The van der Waals surface area contributed by atoms with E-state index in [1.54, 1.807) is 0 Å². The molecule has 0 bridgehead atoms. The van der Waals surface area contributed by atoms with Crippen LogP contribution in [0.15, 0.2) is 41.2 Å². The largest absolute Gasteiger partial charge is 0.476 e. The molecular formula is C11H7N3O5. The molecule has 96 valence electrons. The molecule has 0 aliphatic heterocycles. The lowest BCUT2D eigenvalue weighted by atomic mass is 10.2. The van der Waals surface area contributed by atoms with E-state index in [2.05, 4.69) is 5.10 Å². The van der Waals surface area contributed by atoms with Gasteiger partial charge in [0.15, 0.2) is 5.69 Å². The van der Waals surface area contributed by atoms with Gasteiger partial charge in [0.2, 0.25) is 0 Å². The van der Waals surface area contributed by atoms with Gasteiger partial charge in [0.1, 0.15) is 5.69 Å². The topological polar surface area (TPSA) is 115 Å². The molecule has 8 nitrogen and oxygen atoms in total. The van der Waals surface area contributed by atoms with Crippen molar-refractivity contribution in [3.05, 3.63) is 62.6 Å². The van der Waals surface area contributed by atoms with Crippen LogP contribution in [0.4, 0.5) is 5.69 Å². The number of para-hydroxylation sites is 2. The summed E-state index contributed by atoms with van der Waals surface area (Å²) in [4.78, 5) is 32.7. The molecule has 0 unspecified atom stereocenters. The summed E-state index contributed by atoms with van der Waals surface area (Å²) in [5.41, 5.74) is -1.45. The first-order valence-corrected chi connectivity index (χ1v) is 5.08. The molecule has 8 heteroatoms. The van der Waals surface area contributed by atoms with Crippen molar-refractivity contribution in [3.8, 4) is 5.69 Å². The third kappa shape index (κ3) is 2.32. The Morgan fingerprint density at radius 1 is 1.26 bits per heavy atom. The number of rotatable bonds is 3. The summed E-state index contributed by atoms with van der Waals surface area (Å²) in [5, 5.41) is 23.3. The highest BCUT2D eigenvalue weighted by Gasteiger charge is 2.17. The Bertz CT molecular complexity index is 722. The minimum Gasteiger partial charge on any atom is -0.476 e. The average Bonchev–Trinajstić information content (AvgIpc) is 2.39. The van der Waals surface area contributed by atoms with Gasteiger partial charge in [0.05, 0.1) is 4.92 Å². The van der Waals surface area contributed by atoms with Gasteiger partial charge in [-0.05, 0) is 12.1 Å². The Hall–Kier alpha value is -3.03. The first kappa shape index (κ1) is 12.4. The lowest BCUT2D eigenvalue weighted by molar-refractivity contribution is -0.384. The average molecular weight is 261 g/mol. The Labute approximate surface area is 105 Å². The van der Waals surface area contributed by atoms with Crippen molar-refractivity contribution >= 4 is 11.7 Å². The zero-order valence-corrected chi connectivity index (χ0v) is 9.39. The van der Waals surface area contributed by atoms with Crippen LogP contribution in [0.3, 0.4) is 0 Å². The minimum atomic E-state index is -1.33. The van der Waals surface area contributed by atoms with E-state index in [9.17, 15) is 19.7 Å². The third-order valence-corrected chi connectivity index (χ3v) is 2.33. The van der Waals surface area contributed by atoms with Gasteiger partial charge in [0.25, 0.3) is 11.2 Å². The number of nitrogens with zero attached hydrogens (tertiary/aromatic N) is 3. The van der Waals surface area contributed by atoms with Crippen molar-refractivity contribution in [2.24, 2.45) is 0 Å². The van der Waals surface area contributed by atoms with E-state index in [0.717, 1.165) is 12.1 Å².